The Kier molecular flexibility index (Phi) is 4.31. The highest BCUT2D eigenvalue weighted by atomic mass is 35.5. The first kappa shape index (κ1) is 13.4. The van der Waals surface area contributed by atoms with Crippen molar-refractivity contribution < 1.29 is 0 Å². The van der Waals surface area contributed by atoms with Gasteiger partial charge in [-0.1, -0.05) is 36.5 Å². The van der Waals surface area contributed by atoms with Crippen LogP contribution in [0, 0.1) is 0 Å². The summed E-state index contributed by atoms with van der Waals surface area (Å²) in [6.07, 6.45) is 2.07. The van der Waals surface area contributed by atoms with Gasteiger partial charge in [0.1, 0.15) is 5.82 Å². The highest BCUT2D eigenvalue weighted by Gasteiger charge is 2.09. The Morgan fingerprint density at radius 1 is 1.17 bits per heavy atom. The van der Waals surface area contributed by atoms with Crippen LogP contribution in [0.25, 0.3) is 10.9 Å². The maximum Gasteiger partial charge on any atom is 0.129 e. The lowest BCUT2D eigenvalue weighted by atomic mass is 10.1. The van der Waals surface area contributed by atoms with Crippen molar-refractivity contribution in [1.29, 1.82) is 0 Å². The summed E-state index contributed by atoms with van der Waals surface area (Å²) in [5.41, 5.74) is 2.04. The molecule has 1 aromatic heterocycles. The SMILES string of the molecule is CCCc1cc2c(Cl)cc(Cl)cc2nc1NCC. The number of benzene rings is 1. The van der Waals surface area contributed by atoms with Crippen LogP contribution >= 0.6 is 23.2 Å². The topological polar surface area (TPSA) is 24.9 Å². The number of aryl methyl sites for hydroxylation is 1. The van der Waals surface area contributed by atoms with Crippen LogP contribution < -0.4 is 5.32 Å². The third kappa shape index (κ3) is 2.70. The van der Waals surface area contributed by atoms with E-state index in [4.69, 9.17) is 23.2 Å². The third-order valence-electron chi connectivity index (χ3n) is 2.79. The number of aromatic nitrogens is 1. The zero-order valence-electron chi connectivity index (χ0n) is 10.6. The number of fused-ring (bicyclic) bond motifs is 1. The summed E-state index contributed by atoms with van der Waals surface area (Å²) in [4.78, 5) is 4.63. The summed E-state index contributed by atoms with van der Waals surface area (Å²) < 4.78 is 0. The summed E-state index contributed by atoms with van der Waals surface area (Å²) in [7, 11) is 0. The number of pyridine rings is 1. The summed E-state index contributed by atoms with van der Waals surface area (Å²) in [6, 6.07) is 5.72. The van der Waals surface area contributed by atoms with E-state index in [1.807, 2.05) is 6.07 Å². The molecule has 18 heavy (non-hydrogen) atoms. The second-order valence-electron chi connectivity index (χ2n) is 4.23. The molecule has 0 aliphatic carbocycles. The van der Waals surface area contributed by atoms with Crippen LogP contribution in [-0.2, 0) is 6.42 Å². The highest BCUT2D eigenvalue weighted by molar-refractivity contribution is 6.38. The molecular formula is C14H16Cl2N2. The molecule has 0 spiro atoms. The Labute approximate surface area is 117 Å². The molecule has 2 rings (SSSR count). The van der Waals surface area contributed by atoms with Crippen LogP contribution in [0.5, 0.6) is 0 Å². The molecule has 0 fully saturated rings. The van der Waals surface area contributed by atoms with Gasteiger partial charge in [-0.05, 0) is 37.1 Å². The molecule has 0 aliphatic heterocycles. The Morgan fingerprint density at radius 2 is 1.94 bits per heavy atom. The fourth-order valence-electron chi connectivity index (χ4n) is 2.02. The minimum absolute atomic E-state index is 0.616. The van der Waals surface area contributed by atoms with E-state index in [0.717, 1.165) is 36.1 Å². The Bertz CT molecular complexity index is 567. The van der Waals surface area contributed by atoms with Crippen LogP contribution in [-0.4, -0.2) is 11.5 Å². The van der Waals surface area contributed by atoms with E-state index in [9.17, 15) is 0 Å². The van der Waals surface area contributed by atoms with Crippen molar-refractivity contribution in [3.63, 3.8) is 0 Å². The molecule has 1 heterocycles. The van der Waals surface area contributed by atoms with E-state index in [2.05, 4.69) is 30.2 Å². The lowest BCUT2D eigenvalue weighted by Crippen LogP contribution is -2.04. The van der Waals surface area contributed by atoms with Crippen LogP contribution in [0.4, 0.5) is 5.82 Å². The standard InChI is InChI=1S/C14H16Cl2N2/c1-3-5-9-6-11-12(16)7-10(15)8-13(11)18-14(9)17-4-2/h6-8H,3-5H2,1-2H3,(H,17,18). The molecule has 0 atom stereocenters. The van der Waals surface area contributed by atoms with Crippen molar-refractivity contribution in [3.8, 4) is 0 Å². The fourth-order valence-corrected chi connectivity index (χ4v) is 2.56. The van der Waals surface area contributed by atoms with Gasteiger partial charge in [0.15, 0.2) is 0 Å². The lowest BCUT2D eigenvalue weighted by Gasteiger charge is -2.12. The van der Waals surface area contributed by atoms with Crippen LogP contribution in [0.3, 0.4) is 0 Å². The van der Waals surface area contributed by atoms with Crippen molar-refractivity contribution in [3.05, 3.63) is 33.8 Å². The smallest absolute Gasteiger partial charge is 0.129 e. The third-order valence-corrected chi connectivity index (χ3v) is 3.32. The van der Waals surface area contributed by atoms with Gasteiger partial charge in [0.05, 0.1) is 10.5 Å². The highest BCUT2D eigenvalue weighted by Crippen LogP contribution is 2.30. The monoisotopic (exact) mass is 282 g/mol. The number of hydrogen-bond donors (Lipinski definition) is 1. The molecule has 2 aromatic rings. The van der Waals surface area contributed by atoms with Crippen LogP contribution in [0.15, 0.2) is 18.2 Å². The Hall–Kier alpha value is -0.990. The van der Waals surface area contributed by atoms with Gasteiger partial charge in [0.25, 0.3) is 0 Å². The molecule has 0 aliphatic rings. The summed E-state index contributed by atoms with van der Waals surface area (Å²) >= 11 is 12.2. The van der Waals surface area contributed by atoms with E-state index >= 15 is 0 Å². The van der Waals surface area contributed by atoms with Crippen LogP contribution in [0.2, 0.25) is 10.0 Å². The molecule has 0 saturated heterocycles. The summed E-state index contributed by atoms with van der Waals surface area (Å²) in [6.45, 7) is 5.07. The van der Waals surface area contributed by atoms with E-state index in [0.29, 0.717) is 10.0 Å². The molecule has 0 amide bonds. The van der Waals surface area contributed by atoms with E-state index < -0.39 is 0 Å². The largest absolute Gasteiger partial charge is 0.370 e. The predicted molar refractivity (Wildman–Crippen MR) is 79.9 cm³/mol. The molecule has 0 saturated carbocycles. The normalized spacial score (nSPS) is 10.9. The first-order chi connectivity index (χ1) is 8.65. The molecule has 0 radical (unpaired) electrons. The van der Waals surface area contributed by atoms with E-state index in [-0.39, 0.29) is 0 Å². The van der Waals surface area contributed by atoms with Gasteiger partial charge in [-0.15, -0.1) is 0 Å². The molecule has 1 aromatic carbocycles. The van der Waals surface area contributed by atoms with Gasteiger partial charge >= 0.3 is 0 Å². The molecule has 0 bridgehead atoms. The number of halogens is 2. The van der Waals surface area contributed by atoms with Gasteiger partial charge in [0, 0.05) is 17.0 Å². The summed E-state index contributed by atoms with van der Waals surface area (Å²) in [5.74, 6) is 0.935. The first-order valence-corrected chi connectivity index (χ1v) is 6.93. The zero-order chi connectivity index (χ0) is 13.1. The summed E-state index contributed by atoms with van der Waals surface area (Å²) in [5, 5.41) is 5.53. The lowest BCUT2D eigenvalue weighted by molar-refractivity contribution is 0.916. The van der Waals surface area contributed by atoms with Gasteiger partial charge < -0.3 is 5.32 Å². The van der Waals surface area contributed by atoms with Crippen molar-refractivity contribution >= 4 is 39.9 Å². The molecule has 4 heteroatoms. The molecule has 1 N–H and O–H groups in total. The minimum atomic E-state index is 0.616. The second kappa shape index (κ2) is 5.77. The van der Waals surface area contributed by atoms with Crippen LogP contribution in [0.1, 0.15) is 25.8 Å². The maximum atomic E-state index is 6.22. The molecule has 0 unspecified atom stereocenters. The Morgan fingerprint density at radius 3 is 2.61 bits per heavy atom. The Balaban J connectivity index is 2.63. The minimum Gasteiger partial charge on any atom is -0.370 e. The number of anilines is 1. The number of nitrogens with zero attached hydrogens (tertiary/aromatic N) is 1. The first-order valence-electron chi connectivity index (χ1n) is 6.18. The number of nitrogens with one attached hydrogen (secondary N) is 1. The van der Waals surface area contributed by atoms with E-state index in [1.165, 1.54) is 5.56 Å². The molecular weight excluding hydrogens is 267 g/mol. The predicted octanol–water partition coefficient (Wildman–Crippen LogP) is 4.93. The number of rotatable bonds is 4. The molecule has 96 valence electrons. The quantitative estimate of drug-likeness (QED) is 0.860. The van der Waals surface area contributed by atoms with Gasteiger partial charge in [-0.2, -0.15) is 0 Å². The average Bonchev–Trinajstić information content (AvgIpc) is 2.31. The average molecular weight is 283 g/mol. The van der Waals surface area contributed by atoms with Gasteiger partial charge in [-0.3, -0.25) is 0 Å². The van der Waals surface area contributed by atoms with Crippen molar-refractivity contribution in [2.45, 2.75) is 26.7 Å². The fraction of sp³-hybridized carbons (Fsp3) is 0.357. The van der Waals surface area contributed by atoms with Gasteiger partial charge in [-0.25, -0.2) is 4.98 Å². The van der Waals surface area contributed by atoms with Crippen molar-refractivity contribution in [1.82, 2.24) is 4.98 Å². The van der Waals surface area contributed by atoms with Crippen molar-refractivity contribution in [2.75, 3.05) is 11.9 Å². The number of hydrogen-bond acceptors (Lipinski definition) is 2. The van der Waals surface area contributed by atoms with E-state index in [1.54, 1.807) is 6.07 Å². The second-order valence-corrected chi connectivity index (χ2v) is 5.07. The molecule has 2 nitrogen and oxygen atoms in total. The maximum absolute atomic E-state index is 6.22. The zero-order valence-corrected chi connectivity index (χ0v) is 12.1. The van der Waals surface area contributed by atoms with Crippen molar-refractivity contribution in [2.24, 2.45) is 0 Å². The van der Waals surface area contributed by atoms with Gasteiger partial charge in [0.2, 0.25) is 0 Å².